The Morgan fingerprint density at radius 2 is 1.76 bits per heavy atom. The van der Waals surface area contributed by atoms with Crippen LogP contribution in [0, 0.1) is 5.92 Å². The zero-order valence-electron chi connectivity index (χ0n) is 19.5. The molecule has 178 valence electrons. The van der Waals surface area contributed by atoms with E-state index in [4.69, 9.17) is 28.1 Å². The van der Waals surface area contributed by atoms with Crippen LogP contribution < -0.4 is 18.9 Å². The van der Waals surface area contributed by atoms with Gasteiger partial charge in [-0.15, -0.1) is 0 Å². The molecule has 3 atom stereocenters. The van der Waals surface area contributed by atoms with Gasteiger partial charge in [-0.2, -0.15) is 0 Å². The summed E-state index contributed by atoms with van der Waals surface area (Å²) in [5.74, 6) is 1.08. The number of aliphatic hydroxyl groups is 1. The lowest BCUT2D eigenvalue weighted by atomic mass is 9.79. The summed E-state index contributed by atoms with van der Waals surface area (Å²) >= 11 is 0. The average molecular weight is 475 g/mol. The molecule has 2 aromatic rings. The molecule has 0 bridgehead atoms. The highest BCUT2D eigenvalue weighted by atomic mass is 28.4. The van der Waals surface area contributed by atoms with Crippen LogP contribution in [0.15, 0.2) is 36.4 Å². The molecule has 1 fully saturated rings. The van der Waals surface area contributed by atoms with E-state index in [-0.39, 0.29) is 19.8 Å². The minimum absolute atomic E-state index is 0.0450. The van der Waals surface area contributed by atoms with Gasteiger partial charge in [0, 0.05) is 6.42 Å². The molecule has 0 aliphatic carbocycles. The van der Waals surface area contributed by atoms with Crippen LogP contribution in [-0.4, -0.2) is 52.6 Å². The summed E-state index contributed by atoms with van der Waals surface area (Å²) in [5, 5.41) is 11.7. The van der Waals surface area contributed by atoms with Crippen molar-refractivity contribution in [1.29, 1.82) is 0 Å². The zero-order chi connectivity index (χ0) is 23.8. The quantitative estimate of drug-likeness (QED) is 0.459. The van der Waals surface area contributed by atoms with Gasteiger partial charge in [-0.25, -0.2) is 4.79 Å². The molecule has 2 aromatic carbocycles. The van der Waals surface area contributed by atoms with Gasteiger partial charge in [-0.05, 0) is 55.0 Å². The number of ether oxygens (including phenoxy) is 5. The third kappa shape index (κ3) is 4.66. The number of carbonyl (C=O) groups excluding carboxylic acids is 1. The molecule has 33 heavy (non-hydrogen) atoms. The van der Waals surface area contributed by atoms with Crippen LogP contribution in [0.3, 0.4) is 0 Å². The predicted molar refractivity (Wildman–Crippen MR) is 122 cm³/mol. The Morgan fingerprint density at radius 3 is 2.45 bits per heavy atom. The zero-order valence-corrected chi connectivity index (χ0v) is 20.5. The first-order chi connectivity index (χ1) is 15.6. The molecular weight excluding hydrogens is 444 g/mol. The van der Waals surface area contributed by atoms with Crippen molar-refractivity contribution >= 4 is 14.3 Å². The molecule has 0 unspecified atom stereocenters. The van der Waals surface area contributed by atoms with Gasteiger partial charge in [-0.1, -0.05) is 12.1 Å². The fraction of sp³-hybridized carbons (Fsp3) is 0.458. The van der Waals surface area contributed by atoms with E-state index in [2.05, 4.69) is 19.6 Å². The number of benzene rings is 2. The molecule has 9 heteroatoms. The van der Waals surface area contributed by atoms with Crippen LogP contribution in [-0.2, 0) is 20.4 Å². The monoisotopic (exact) mass is 474 g/mol. The largest absolute Gasteiger partial charge is 0.493 e. The van der Waals surface area contributed by atoms with Gasteiger partial charge in [-0.3, -0.25) is 0 Å². The number of methoxy groups -OCH3 is 2. The second-order valence-corrected chi connectivity index (χ2v) is 13.7. The van der Waals surface area contributed by atoms with Crippen molar-refractivity contribution in [3.05, 3.63) is 47.5 Å². The average Bonchev–Trinajstić information content (AvgIpc) is 3.35. The topological polar surface area (TPSA) is 92.7 Å². The van der Waals surface area contributed by atoms with Gasteiger partial charge < -0.3 is 33.2 Å². The Labute approximate surface area is 194 Å². The SMILES string of the molecule is COc1ccc([C@H](O[Si](C)(C)C)[C@@H]2COC(=O)[C@@]2(O)Cc2ccc3c(c2)OCO3)cc1OC. The maximum Gasteiger partial charge on any atom is 0.339 e. The highest BCUT2D eigenvalue weighted by Gasteiger charge is 2.55. The maximum atomic E-state index is 12.9. The molecule has 2 heterocycles. The van der Waals surface area contributed by atoms with E-state index in [0.717, 1.165) is 11.1 Å². The Morgan fingerprint density at radius 1 is 1.03 bits per heavy atom. The number of cyclic esters (lactones) is 1. The Bertz CT molecular complexity index is 1030. The summed E-state index contributed by atoms with van der Waals surface area (Å²) in [6.07, 6.45) is -0.520. The van der Waals surface area contributed by atoms with Crippen molar-refractivity contribution in [2.75, 3.05) is 27.6 Å². The van der Waals surface area contributed by atoms with Crippen LogP contribution >= 0.6 is 0 Å². The molecule has 0 radical (unpaired) electrons. The lowest BCUT2D eigenvalue weighted by Crippen LogP contribution is -2.47. The third-order valence-electron chi connectivity index (χ3n) is 5.85. The summed E-state index contributed by atoms with van der Waals surface area (Å²) in [7, 11) is 1.04. The lowest BCUT2D eigenvalue weighted by Gasteiger charge is -2.36. The van der Waals surface area contributed by atoms with Gasteiger partial charge in [0.25, 0.3) is 0 Å². The minimum atomic E-state index is -2.10. The first-order valence-corrected chi connectivity index (χ1v) is 14.2. The first kappa shape index (κ1) is 23.4. The van der Waals surface area contributed by atoms with E-state index in [9.17, 15) is 9.90 Å². The fourth-order valence-electron chi connectivity index (χ4n) is 4.28. The number of hydrogen-bond donors (Lipinski definition) is 1. The summed E-state index contributed by atoms with van der Waals surface area (Å²) in [6.45, 7) is 6.39. The normalized spacial score (nSPS) is 22.7. The number of carbonyl (C=O) groups is 1. The first-order valence-electron chi connectivity index (χ1n) is 10.8. The molecular formula is C24H30O8Si. The van der Waals surface area contributed by atoms with Gasteiger partial charge in [0.05, 0.1) is 26.2 Å². The Balaban J connectivity index is 1.71. The predicted octanol–water partition coefficient (Wildman–Crippen LogP) is 3.47. The smallest absolute Gasteiger partial charge is 0.339 e. The number of rotatable bonds is 8. The van der Waals surface area contributed by atoms with E-state index in [0.29, 0.717) is 23.0 Å². The standard InChI is InChI=1S/C24H30O8Si/c1-27-18-9-7-16(11-20(18)28-2)22(32-33(3,4)5)17-13-29-23(25)24(17,26)12-15-6-8-19-21(10-15)31-14-30-19/h6-11,17,22,26H,12-14H2,1-5H3/t17-,22-,24+/m0/s1. The highest BCUT2D eigenvalue weighted by molar-refractivity contribution is 6.69. The number of hydrogen-bond acceptors (Lipinski definition) is 8. The molecule has 8 nitrogen and oxygen atoms in total. The van der Waals surface area contributed by atoms with Crippen molar-refractivity contribution in [3.63, 3.8) is 0 Å². The molecule has 0 amide bonds. The second kappa shape index (κ2) is 8.89. The van der Waals surface area contributed by atoms with Gasteiger partial charge >= 0.3 is 5.97 Å². The fourth-order valence-corrected chi connectivity index (χ4v) is 5.34. The van der Waals surface area contributed by atoms with Gasteiger partial charge in [0.15, 0.2) is 36.9 Å². The van der Waals surface area contributed by atoms with E-state index in [1.165, 1.54) is 0 Å². The summed E-state index contributed by atoms with van der Waals surface area (Å²) in [6, 6.07) is 10.9. The van der Waals surface area contributed by atoms with Crippen molar-refractivity contribution in [2.45, 2.75) is 37.8 Å². The number of esters is 1. The molecule has 1 saturated heterocycles. The molecule has 2 aliphatic rings. The van der Waals surface area contributed by atoms with Crippen molar-refractivity contribution in [2.24, 2.45) is 5.92 Å². The van der Waals surface area contributed by atoms with E-state index in [1.54, 1.807) is 32.4 Å². The number of fused-ring (bicyclic) bond motifs is 1. The summed E-state index contributed by atoms with van der Waals surface area (Å²) < 4.78 is 33.6. The minimum Gasteiger partial charge on any atom is -0.493 e. The molecule has 1 N–H and O–H groups in total. The summed E-state index contributed by atoms with van der Waals surface area (Å²) in [4.78, 5) is 12.9. The van der Waals surface area contributed by atoms with Crippen molar-refractivity contribution < 1.29 is 38.0 Å². The highest BCUT2D eigenvalue weighted by Crippen LogP contribution is 2.44. The maximum absolute atomic E-state index is 12.9. The van der Waals surface area contributed by atoms with E-state index >= 15 is 0 Å². The van der Waals surface area contributed by atoms with Crippen molar-refractivity contribution in [1.82, 2.24) is 0 Å². The third-order valence-corrected chi connectivity index (χ3v) is 6.81. The molecule has 4 rings (SSSR count). The Kier molecular flexibility index (Phi) is 6.30. The molecule has 2 aliphatic heterocycles. The lowest BCUT2D eigenvalue weighted by molar-refractivity contribution is -0.155. The van der Waals surface area contributed by atoms with Crippen LogP contribution in [0.4, 0.5) is 0 Å². The second-order valence-electron chi connectivity index (χ2n) is 9.26. The van der Waals surface area contributed by atoms with Crippen LogP contribution in [0.25, 0.3) is 0 Å². The summed E-state index contributed by atoms with van der Waals surface area (Å²) in [5.41, 5.74) is -0.252. The van der Waals surface area contributed by atoms with Gasteiger partial charge in [0.2, 0.25) is 6.79 Å². The molecule has 0 spiro atoms. The van der Waals surface area contributed by atoms with E-state index in [1.807, 2.05) is 18.2 Å². The van der Waals surface area contributed by atoms with Crippen molar-refractivity contribution in [3.8, 4) is 23.0 Å². The van der Waals surface area contributed by atoms with Crippen LogP contribution in [0.1, 0.15) is 17.2 Å². The Hall–Kier alpha value is -2.75. The molecule has 0 aromatic heterocycles. The van der Waals surface area contributed by atoms with Crippen LogP contribution in [0.2, 0.25) is 19.6 Å². The van der Waals surface area contributed by atoms with E-state index < -0.39 is 31.9 Å². The van der Waals surface area contributed by atoms with Gasteiger partial charge in [0.1, 0.15) is 6.61 Å². The molecule has 0 saturated carbocycles. The van der Waals surface area contributed by atoms with Crippen LogP contribution in [0.5, 0.6) is 23.0 Å².